The van der Waals surface area contributed by atoms with Crippen molar-refractivity contribution in [3.8, 4) is 11.3 Å². The molecule has 5 rings (SSSR count). The lowest BCUT2D eigenvalue weighted by molar-refractivity contribution is 0.204. The van der Waals surface area contributed by atoms with Gasteiger partial charge in [0.25, 0.3) is 5.56 Å². The standard InChI is InChI=1S/C27H25FN6O4S/c1-15-4-9-19(13-22(15)30-18-10-11-21-20(12-18)26(36)34(2)14-29-21)31-25(35)24-23(16-5-7-17(28)8-6-16)32-27(33-24)39(3,37)38/h4-14,25,30-31,35H,1-3H3,(H,32,33). The van der Waals surface area contributed by atoms with Gasteiger partial charge in [-0.2, -0.15) is 0 Å². The highest BCUT2D eigenvalue weighted by atomic mass is 32.2. The lowest BCUT2D eigenvalue weighted by Crippen LogP contribution is -2.16. The molecule has 3 aromatic carbocycles. The largest absolute Gasteiger partial charge is 0.368 e. The average Bonchev–Trinajstić information content (AvgIpc) is 3.35. The summed E-state index contributed by atoms with van der Waals surface area (Å²) in [5.41, 5.74) is 3.96. The molecular formula is C27H25FN6O4S. The van der Waals surface area contributed by atoms with Gasteiger partial charge < -0.3 is 25.3 Å². The van der Waals surface area contributed by atoms with E-state index in [1.165, 1.54) is 35.2 Å². The molecule has 10 nitrogen and oxygen atoms in total. The molecule has 200 valence electrons. The Hall–Kier alpha value is -4.55. The van der Waals surface area contributed by atoms with E-state index in [1.54, 1.807) is 31.3 Å². The molecule has 5 aromatic rings. The molecule has 1 unspecified atom stereocenters. The van der Waals surface area contributed by atoms with Crippen molar-refractivity contribution in [2.75, 3.05) is 16.9 Å². The second-order valence-electron chi connectivity index (χ2n) is 9.18. The summed E-state index contributed by atoms with van der Waals surface area (Å²) in [4.78, 5) is 23.6. The fraction of sp³-hybridized carbons (Fsp3) is 0.148. The smallest absolute Gasteiger partial charge is 0.260 e. The molecule has 0 saturated heterocycles. The monoisotopic (exact) mass is 548 g/mol. The van der Waals surface area contributed by atoms with Crippen LogP contribution in [0.4, 0.5) is 21.5 Å². The highest BCUT2D eigenvalue weighted by Crippen LogP contribution is 2.31. The van der Waals surface area contributed by atoms with Gasteiger partial charge in [0.05, 0.1) is 28.6 Å². The highest BCUT2D eigenvalue weighted by Gasteiger charge is 2.23. The molecular weight excluding hydrogens is 523 g/mol. The van der Waals surface area contributed by atoms with Gasteiger partial charge in [0.15, 0.2) is 6.23 Å². The van der Waals surface area contributed by atoms with Crippen LogP contribution < -0.4 is 16.2 Å². The Morgan fingerprint density at radius 3 is 2.49 bits per heavy atom. The first-order chi connectivity index (χ1) is 18.5. The minimum atomic E-state index is -3.71. The second-order valence-corrected chi connectivity index (χ2v) is 11.1. The molecule has 0 fully saturated rings. The topological polar surface area (TPSA) is 142 Å². The van der Waals surface area contributed by atoms with Gasteiger partial charge >= 0.3 is 0 Å². The molecule has 39 heavy (non-hydrogen) atoms. The molecule has 12 heteroatoms. The second kappa shape index (κ2) is 9.97. The number of halogens is 1. The van der Waals surface area contributed by atoms with Gasteiger partial charge in [-0.3, -0.25) is 4.79 Å². The maximum Gasteiger partial charge on any atom is 0.260 e. The third-order valence-corrected chi connectivity index (χ3v) is 7.09. The van der Waals surface area contributed by atoms with E-state index in [1.807, 2.05) is 19.1 Å². The van der Waals surface area contributed by atoms with Crippen LogP contribution in [-0.2, 0) is 16.9 Å². The van der Waals surface area contributed by atoms with Crippen molar-refractivity contribution in [2.45, 2.75) is 18.3 Å². The van der Waals surface area contributed by atoms with Crippen LogP contribution in [0.5, 0.6) is 0 Å². The Balaban J connectivity index is 1.45. The normalized spacial score (nSPS) is 12.4. The molecule has 2 aromatic heterocycles. The zero-order valence-corrected chi connectivity index (χ0v) is 22.0. The first-order valence-corrected chi connectivity index (χ1v) is 13.7. The van der Waals surface area contributed by atoms with Crippen molar-refractivity contribution in [3.05, 3.63) is 94.4 Å². The van der Waals surface area contributed by atoms with Crippen molar-refractivity contribution < 1.29 is 17.9 Å². The predicted octanol–water partition coefficient (Wildman–Crippen LogP) is 4.02. The van der Waals surface area contributed by atoms with Gasteiger partial charge in [-0.15, -0.1) is 0 Å². The minimum absolute atomic E-state index is 0.106. The van der Waals surface area contributed by atoms with Crippen LogP contribution in [0, 0.1) is 12.7 Å². The lowest BCUT2D eigenvalue weighted by atomic mass is 10.1. The van der Waals surface area contributed by atoms with Crippen LogP contribution >= 0.6 is 0 Å². The van der Waals surface area contributed by atoms with Gasteiger partial charge in [-0.1, -0.05) is 6.07 Å². The van der Waals surface area contributed by atoms with E-state index in [0.29, 0.717) is 33.5 Å². The summed E-state index contributed by atoms with van der Waals surface area (Å²) >= 11 is 0. The van der Waals surface area contributed by atoms with Crippen molar-refractivity contribution >= 4 is 37.8 Å². The van der Waals surface area contributed by atoms with Gasteiger partial charge in [0, 0.05) is 35.9 Å². The average molecular weight is 549 g/mol. The Morgan fingerprint density at radius 2 is 1.77 bits per heavy atom. The summed E-state index contributed by atoms with van der Waals surface area (Å²) in [5.74, 6) is -0.458. The molecule has 1 atom stereocenters. The molecule has 0 radical (unpaired) electrons. The van der Waals surface area contributed by atoms with Crippen molar-refractivity contribution in [2.24, 2.45) is 7.05 Å². The SMILES string of the molecule is Cc1ccc(NC(O)c2[nH]c(S(C)(=O)=O)nc2-c2ccc(F)cc2)cc1Nc1ccc2ncn(C)c(=O)c2c1. The number of benzene rings is 3. The molecule has 0 amide bonds. The number of nitrogens with one attached hydrogen (secondary N) is 3. The summed E-state index contributed by atoms with van der Waals surface area (Å²) in [6.45, 7) is 1.91. The zero-order valence-electron chi connectivity index (χ0n) is 21.2. The van der Waals surface area contributed by atoms with Crippen molar-refractivity contribution in [3.63, 3.8) is 0 Å². The predicted molar refractivity (Wildman–Crippen MR) is 147 cm³/mol. The molecule has 0 aliphatic heterocycles. The molecule has 0 saturated carbocycles. The number of anilines is 3. The van der Waals surface area contributed by atoms with E-state index in [-0.39, 0.29) is 22.1 Å². The lowest BCUT2D eigenvalue weighted by Gasteiger charge is -2.17. The fourth-order valence-electron chi connectivity index (χ4n) is 4.09. The zero-order chi connectivity index (χ0) is 27.9. The Morgan fingerprint density at radius 1 is 1.05 bits per heavy atom. The third-order valence-electron chi connectivity index (χ3n) is 6.19. The maximum absolute atomic E-state index is 13.5. The molecule has 0 aliphatic carbocycles. The first-order valence-electron chi connectivity index (χ1n) is 11.8. The number of fused-ring (bicyclic) bond motifs is 1. The number of imidazole rings is 1. The van der Waals surface area contributed by atoms with E-state index in [0.717, 1.165) is 11.8 Å². The van der Waals surface area contributed by atoms with Crippen molar-refractivity contribution in [1.82, 2.24) is 19.5 Å². The van der Waals surface area contributed by atoms with Crippen molar-refractivity contribution in [1.29, 1.82) is 0 Å². The van der Waals surface area contributed by atoms with Gasteiger partial charge in [0.2, 0.25) is 15.0 Å². The number of aryl methyl sites for hydroxylation is 2. The Bertz CT molecular complexity index is 1870. The quantitative estimate of drug-likeness (QED) is 0.224. The summed E-state index contributed by atoms with van der Waals surface area (Å²) in [5, 5.41) is 17.5. The molecule has 2 heterocycles. The van der Waals surface area contributed by atoms with E-state index in [2.05, 4.69) is 25.6 Å². The van der Waals surface area contributed by atoms with Crippen LogP contribution in [0.15, 0.2) is 76.9 Å². The number of H-pyrrole nitrogens is 1. The number of sulfone groups is 1. The van der Waals surface area contributed by atoms with Gasteiger partial charge in [-0.25, -0.2) is 22.8 Å². The number of nitrogens with zero attached hydrogens (tertiary/aromatic N) is 3. The van der Waals surface area contributed by atoms with Crippen LogP contribution in [0.25, 0.3) is 22.2 Å². The summed E-state index contributed by atoms with van der Waals surface area (Å²) in [6, 6.07) is 16.0. The summed E-state index contributed by atoms with van der Waals surface area (Å²) < 4.78 is 39.2. The number of aliphatic hydroxyl groups is 1. The summed E-state index contributed by atoms with van der Waals surface area (Å²) in [7, 11) is -2.07. The molecule has 0 aliphatic rings. The Labute approximate surface area is 223 Å². The van der Waals surface area contributed by atoms with E-state index >= 15 is 0 Å². The van der Waals surface area contributed by atoms with E-state index < -0.39 is 21.9 Å². The molecule has 0 bridgehead atoms. The first kappa shape index (κ1) is 26.1. The molecule has 4 N–H and O–H groups in total. The number of aromatic amines is 1. The van der Waals surface area contributed by atoms with E-state index in [4.69, 9.17) is 0 Å². The fourth-order valence-corrected chi connectivity index (χ4v) is 4.64. The summed E-state index contributed by atoms with van der Waals surface area (Å²) in [6.07, 6.45) is 1.10. The van der Waals surface area contributed by atoms with E-state index in [9.17, 15) is 22.7 Å². The van der Waals surface area contributed by atoms with Crippen LogP contribution in [-0.4, -0.2) is 39.3 Å². The maximum atomic E-state index is 13.5. The van der Waals surface area contributed by atoms with Crippen LogP contribution in [0.2, 0.25) is 0 Å². The number of hydrogen-bond acceptors (Lipinski definition) is 8. The minimum Gasteiger partial charge on any atom is -0.368 e. The molecule has 0 spiro atoms. The third kappa shape index (κ3) is 5.38. The number of aromatic nitrogens is 4. The van der Waals surface area contributed by atoms with Gasteiger partial charge in [0.1, 0.15) is 5.82 Å². The van der Waals surface area contributed by atoms with Gasteiger partial charge in [-0.05, 0) is 67.1 Å². The Kier molecular flexibility index (Phi) is 6.66. The number of rotatable bonds is 7. The highest BCUT2D eigenvalue weighted by molar-refractivity contribution is 7.90. The number of hydrogen-bond donors (Lipinski definition) is 4. The van der Waals surface area contributed by atoms with Crippen LogP contribution in [0.3, 0.4) is 0 Å². The van der Waals surface area contributed by atoms with Crippen LogP contribution in [0.1, 0.15) is 17.5 Å². The number of aliphatic hydroxyl groups excluding tert-OH is 1.